The third kappa shape index (κ3) is 3.10. The number of amides is 2. The maximum Gasteiger partial charge on any atom is 0.273 e. The Hall–Kier alpha value is -3.68. The zero-order valence-corrected chi connectivity index (χ0v) is 17.5. The summed E-state index contributed by atoms with van der Waals surface area (Å²) in [6.07, 6.45) is 3.52. The average Bonchev–Trinajstić information content (AvgIpc) is 2.93. The quantitative estimate of drug-likeness (QED) is 0.669. The normalized spacial score (nSPS) is 14.6. The molecule has 2 aromatic heterocycles. The van der Waals surface area contributed by atoms with Crippen molar-refractivity contribution in [3.63, 3.8) is 0 Å². The molecule has 0 saturated carbocycles. The van der Waals surface area contributed by atoms with Crippen LogP contribution in [0.1, 0.15) is 35.7 Å². The molecule has 3 heterocycles. The van der Waals surface area contributed by atoms with Crippen LogP contribution in [0.3, 0.4) is 0 Å². The van der Waals surface area contributed by atoms with Crippen LogP contribution in [0, 0.1) is 6.92 Å². The second kappa shape index (κ2) is 6.98. The van der Waals surface area contributed by atoms with Crippen molar-refractivity contribution in [3.8, 4) is 11.1 Å². The lowest BCUT2D eigenvalue weighted by Crippen LogP contribution is -2.33. The Morgan fingerprint density at radius 1 is 1.00 bits per heavy atom. The van der Waals surface area contributed by atoms with Gasteiger partial charge in [-0.25, -0.2) is 9.97 Å². The molecule has 0 bridgehead atoms. The van der Waals surface area contributed by atoms with Crippen molar-refractivity contribution < 1.29 is 9.59 Å². The maximum atomic E-state index is 13.3. The van der Waals surface area contributed by atoms with E-state index in [0.29, 0.717) is 11.6 Å². The Bertz CT molecular complexity index is 1140. The van der Waals surface area contributed by atoms with E-state index < -0.39 is 5.41 Å². The van der Waals surface area contributed by atoms with Gasteiger partial charge in [0, 0.05) is 32.1 Å². The number of rotatable bonds is 3. The van der Waals surface area contributed by atoms with E-state index in [0.717, 1.165) is 22.4 Å². The highest BCUT2D eigenvalue weighted by molar-refractivity contribution is 6.12. The predicted molar refractivity (Wildman–Crippen MR) is 112 cm³/mol. The van der Waals surface area contributed by atoms with Gasteiger partial charge in [0.1, 0.15) is 5.82 Å². The van der Waals surface area contributed by atoms with Gasteiger partial charge in [-0.1, -0.05) is 12.1 Å². The number of fused-ring (bicyclic) bond motifs is 1. The summed E-state index contributed by atoms with van der Waals surface area (Å²) >= 11 is 0. The average molecular weight is 402 g/mol. The molecule has 0 aliphatic carbocycles. The molecule has 30 heavy (non-hydrogen) atoms. The first-order valence-electron chi connectivity index (χ1n) is 9.53. The van der Waals surface area contributed by atoms with Crippen LogP contribution in [0.4, 0.5) is 11.5 Å². The van der Waals surface area contributed by atoms with Crippen molar-refractivity contribution in [3.05, 3.63) is 59.8 Å². The van der Waals surface area contributed by atoms with Crippen LogP contribution in [0.25, 0.3) is 11.1 Å². The first-order valence-corrected chi connectivity index (χ1v) is 9.53. The smallest absolute Gasteiger partial charge is 0.273 e. The second-order valence-electron chi connectivity index (χ2n) is 7.99. The van der Waals surface area contributed by atoms with Crippen LogP contribution in [0.15, 0.2) is 42.7 Å². The number of benzene rings is 1. The molecule has 2 amide bonds. The van der Waals surface area contributed by atoms with Gasteiger partial charge in [-0.2, -0.15) is 0 Å². The zero-order valence-electron chi connectivity index (χ0n) is 17.5. The number of hydrogen-bond donors (Lipinski definition) is 0. The predicted octanol–water partition coefficient (Wildman–Crippen LogP) is 2.90. The first kappa shape index (κ1) is 19.6. The number of carbonyl (C=O) groups is 2. The minimum absolute atomic E-state index is 0.101. The Labute approximate surface area is 174 Å². The van der Waals surface area contributed by atoms with Gasteiger partial charge >= 0.3 is 0 Å². The Kier molecular flexibility index (Phi) is 4.57. The van der Waals surface area contributed by atoms with Gasteiger partial charge < -0.3 is 4.90 Å². The minimum atomic E-state index is -0.711. The topological polar surface area (TPSA) is 92.2 Å². The third-order valence-corrected chi connectivity index (χ3v) is 5.27. The molecule has 4 rings (SSSR count). The Morgan fingerprint density at radius 2 is 1.70 bits per heavy atom. The molecule has 1 aliphatic rings. The highest BCUT2D eigenvalue weighted by atomic mass is 16.2. The maximum absolute atomic E-state index is 13.3. The minimum Gasteiger partial charge on any atom is -0.343 e. The van der Waals surface area contributed by atoms with Gasteiger partial charge in [0.05, 0.1) is 11.1 Å². The van der Waals surface area contributed by atoms with E-state index in [-0.39, 0.29) is 17.5 Å². The Morgan fingerprint density at radius 3 is 2.30 bits per heavy atom. The van der Waals surface area contributed by atoms with Crippen LogP contribution >= 0.6 is 0 Å². The van der Waals surface area contributed by atoms with E-state index >= 15 is 0 Å². The van der Waals surface area contributed by atoms with Gasteiger partial charge in [-0.3, -0.25) is 14.5 Å². The monoisotopic (exact) mass is 402 g/mol. The van der Waals surface area contributed by atoms with E-state index in [1.807, 2.05) is 39.0 Å². The van der Waals surface area contributed by atoms with Crippen LogP contribution in [0.2, 0.25) is 0 Å². The van der Waals surface area contributed by atoms with Gasteiger partial charge in [0.2, 0.25) is 5.91 Å². The summed E-state index contributed by atoms with van der Waals surface area (Å²) in [4.78, 5) is 36.9. The molecule has 0 saturated heterocycles. The molecule has 8 heteroatoms. The Balaban J connectivity index is 1.79. The van der Waals surface area contributed by atoms with Crippen molar-refractivity contribution in [2.24, 2.45) is 0 Å². The van der Waals surface area contributed by atoms with Crippen LogP contribution in [-0.2, 0) is 10.2 Å². The van der Waals surface area contributed by atoms with E-state index in [1.165, 1.54) is 4.90 Å². The lowest BCUT2D eigenvalue weighted by atomic mass is 9.85. The molecule has 0 fully saturated rings. The van der Waals surface area contributed by atoms with Gasteiger partial charge in [-0.05, 0) is 50.1 Å². The van der Waals surface area contributed by atoms with Gasteiger partial charge in [0.25, 0.3) is 5.91 Å². The number of carbonyl (C=O) groups excluding carboxylic acids is 2. The lowest BCUT2D eigenvalue weighted by Gasteiger charge is -2.19. The fraction of sp³-hybridized carbons (Fsp3) is 0.273. The van der Waals surface area contributed by atoms with Crippen LogP contribution in [0.5, 0.6) is 0 Å². The third-order valence-electron chi connectivity index (χ3n) is 5.27. The van der Waals surface area contributed by atoms with E-state index in [2.05, 4.69) is 20.2 Å². The summed E-state index contributed by atoms with van der Waals surface area (Å²) < 4.78 is 0. The fourth-order valence-electron chi connectivity index (χ4n) is 3.49. The van der Waals surface area contributed by atoms with Crippen molar-refractivity contribution in [2.45, 2.75) is 26.2 Å². The van der Waals surface area contributed by atoms with Gasteiger partial charge in [0.15, 0.2) is 11.5 Å². The number of aromatic nitrogens is 4. The summed E-state index contributed by atoms with van der Waals surface area (Å²) in [5, 5.41) is 8.21. The highest BCUT2D eigenvalue weighted by Crippen LogP contribution is 2.46. The molecule has 0 spiro atoms. The standard InChI is InChI=1S/C22H22N6O2/c1-13-23-11-15(12-24-13)14-6-7-16-18(10-14)28(21(30)22(16,2)3)19-9-8-17(25-26-19)20(29)27(4)5/h6-12H,1-5H3. The molecule has 0 N–H and O–H groups in total. The largest absolute Gasteiger partial charge is 0.343 e. The van der Waals surface area contributed by atoms with Crippen LogP contribution < -0.4 is 4.90 Å². The molecule has 3 aromatic rings. The number of anilines is 2. The summed E-state index contributed by atoms with van der Waals surface area (Å²) in [5.41, 5.74) is 2.91. The van der Waals surface area contributed by atoms with E-state index in [4.69, 9.17) is 0 Å². The zero-order chi connectivity index (χ0) is 21.6. The van der Waals surface area contributed by atoms with Crippen molar-refractivity contribution >= 4 is 23.3 Å². The van der Waals surface area contributed by atoms with Crippen molar-refractivity contribution in [2.75, 3.05) is 19.0 Å². The highest BCUT2D eigenvalue weighted by Gasteiger charge is 2.45. The van der Waals surface area contributed by atoms with Crippen molar-refractivity contribution in [1.82, 2.24) is 25.1 Å². The molecule has 1 aromatic carbocycles. The number of nitrogens with zero attached hydrogens (tertiary/aromatic N) is 6. The molecule has 152 valence electrons. The van der Waals surface area contributed by atoms with Gasteiger partial charge in [-0.15, -0.1) is 10.2 Å². The summed E-state index contributed by atoms with van der Waals surface area (Å²) in [7, 11) is 3.30. The number of hydrogen-bond acceptors (Lipinski definition) is 6. The summed E-state index contributed by atoms with van der Waals surface area (Å²) in [6.45, 7) is 5.61. The molecule has 1 aliphatic heterocycles. The van der Waals surface area contributed by atoms with E-state index in [9.17, 15) is 9.59 Å². The number of aryl methyl sites for hydroxylation is 1. The SMILES string of the molecule is Cc1ncc(-c2ccc3c(c2)N(c2ccc(C(=O)N(C)C)nn2)C(=O)C3(C)C)cn1. The first-order chi connectivity index (χ1) is 14.2. The molecular weight excluding hydrogens is 380 g/mol. The lowest BCUT2D eigenvalue weighted by molar-refractivity contribution is -0.121. The molecule has 0 unspecified atom stereocenters. The summed E-state index contributed by atoms with van der Waals surface area (Å²) in [5.74, 6) is 0.722. The fourth-order valence-corrected chi connectivity index (χ4v) is 3.49. The molecular formula is C22H22N6O2. The molecule has 8 nitrogen and oxygen atoms in total. The molecule has 0 atom stereocenters. The second-order valence-corrected chi connectivity index (χ2v) is 7.99. The molecule has 0 radical (unpaired) electrons. The van der Waals surface area contributed by atoms with Crippen LogP contribution in [-0.4, -0.2) is 51.0 Å². The van der Waals surface area contributed by atoms with E-state index in [1.54, 1.807) is 43.5 Å². The summed E-state index contributed by atoms with van der Waals surface area (Å²) in [6, 6.07) is 9.10. The van der Waals surface area contributed by atoms with Crippen molar-refractivity contribution in [1.29, 1.82) is 0 Å².